The van der Waals surface area contributed by atoms with Crippen molar-refractivity contribution in [3.63, 3.8) is 0 Å². The fourth-order valence-electron chi connectivity index (χ4n) is 1.42. The standard InChI is InChI=1S/C13H16Cl5NO/c1-13(2,3)19-5-4-6-20-12-10(17)8(15)7(14)9(16)11(12)18/h19H,4-6H2,1-3H3. The predicted molar refractivity (Wildman–Crippen MR) is 89.4 cm³/mol. The van der Waals surface area contributed by atoms with Crippen LogP contribution in [0.25, 0.3) is 0 Å². The zero-order valence-electron chi connectivity index (χ0n) is 11.4. The first-order chi connectivity index (χ1) is 9.15. The van der Waals surface area contributed by atoms with Gasteiger partial charge in [0.15, 0.2) is 5.75 Å². The number of halogens is 5. The molecule has 114 valence electrons. The van der Waals surface area contributed by atoms with E-state index in [2.05, 4.69) is 26.1 Å². The molecule has 1 aromatic rings. The van der Waals surface area contributed by atoms with Crippen LogP contribution in [-0.4, -0.2) is 18.7 Å². The minimum atomic E-state index is 0.0716. The third kappa shape index (κ3) is 5.01. The van der Waals surface area contributed by atoms with Crippen molar-refractivity contribution in [3.05, 3.63) is 25.1 Å². The van der Waals surface area contributed by atoms with Crippen LogP contribution in [0.15, 0.2) is 0 Å². The number of nitrogens with one attached hydrogen (secondary N) is 1. The molecule has 1 rings (SSSR count). The minimum Gasteiger partial charge on any atom is -0.490 e. The number of hydrogen-bond acceptors (Lipinski definition) is 2. The first kappa shape index (κ1) is 18.5. The average Bonchev–Trinajstić information content (AvgIpc) is 2.36. The van der Waals surface area contributed by atoms with Gasteiger partial charge in [-0.2, -0.15) is 0 Å². The van der Waals surface area contributed by atoms with Crippen molar-refractivity contribution >= 4 is 58.0 Å². The van der Waals surface area contributed by atoms with Gasteiger partial charge in [0.05, 0.1) is 21.7 Å². The maximum atomic E-state index is 6.06. The van der Waals surface area contributed by atoms with Crippen molar-refractivity contribution in [1.82, 2.24) is 5.32 Å². The normalized spacial score (nSPS) is 11.8. The molecule has 0 unspecified atom stereocenters. The molecule has 0 fully saturated rings. The minimum absolute atomic E-state index is 0.0716. The van der Waals surface area contributed by atoms with Gasteiger partial charge in [-0.3, -0.25) is 0 Å². The van der Waals surface area contributed by atoms with Gasteiger partial charge in [0, 0.05) is 5.54 Å². The Kier molecular flexibility index (Phi) is 7.04. The van der Waals surface area contributed by atoms with Crippen molar-refractivity contribution in [1.29, 1.82) is 0 Å². The summed E-state index contributed by atoms with van der Waals surface area (Å²) >= 11 is 29.9. The molecule has 0 radical (unpaired) electrons. The Labute approximate surface area is 144 Å². The van der Waals surface area contributed by atoms with Crippen LogP contribution in [0.1, 0.15) is 27.2 Å². The van der Waals surface area contributed by atoms with Gasteiger partial charge in [0.25, 0.3) is 0 Å². The summed E-state index contributed by atoms with van der Waals surface area (Å²) in [5.41, 5.74) is 0.0716. The van der Waals surface area contributed by atoms with Crippen LogP contribution in [-0.2, 0) is 0 Å². The molecule has 2 nitrogen and oxygen atoms in total. The Morgan fingerprint density at radius 3 is 1.75 bits per heavy atom. The van der Waals surface area contributed by atoms with Crippen LogP contribution in [0.2, 0.25) is 25.1 Å². The van der Waals surface area contributed by atoms with E-state index in [0.29, 0.717) is 6.61 Å². The molecule has 1 aromatic carbocycles. The second kappa shape index (κ2) is 7.62. The topological polar surface area (TPSA) is 21.3 Å². The molecule has 0 heterocycles. The lowest BCUT2D eigenvalue weighted by Crippen LogP contribution is -2.36. The van der Waals surface area contributed by atoms with E-state index in [0.717, 1.165) is 13.0 Å². The molecule has 20 heavy (non-hydrogen) atoms. The Balaban J connectivity index is 2.66. The lowest BCUT2D eigenvalue weighted by atomic mass is 10.1. The van der Waals surface area contributed by atoms with E-state index in [9.17, 15) is 0 Å². The van der Waals surface area contributed by atoms with Crippen molar-refractivity contribution in [2.75, 3.05) is 13.2 Å². The monoisotopic (exact) mass is 377 g/mol. The van der Waals surface area contributed by atoms with Gasteiger partial charge in [-0.05, 0) is 33.7 Å². The van der Waals surface area contributed by atoms with Gasteiger partial charge in [0.2, 0.25) is 0 Å². The van der Waals surface area contributed by atoms with Gasteiger partial charge >= 0.3 is 0 Å². The molecule has 1 N–H and O–H groups in total. The smallest absolute Gasteiger partial charge is 0.159 e. The number of hydrogen-bond donors (Lipinski definition) is 1. The molecular formula is C13H16Cl5NO. The molecule has 7 heteroatoms. The SMILES string of the molecule is CC(C)(C)NCCCOc1c(Cl)c(Cl)c(Cl)c(Cl)c1Cl. The van der Waals surface area contributed by atoms with Crippen LogP contribution in [0, 0.1) is 0 Å². The molecule has 0 aliphatic rings. The highest BCUT2D eigenvalue weighted by atomic mass is 35.5. The number of rotatable bonds is 5. The summed E-state index contributed by atoms with van der Waals surface area (Å²) in [6.45, 7) is 7.55. The summed E-state index contributed by atoms with van der Waals surface area (Å²) in [6, 6.07) is 0. The summed E-state index contributed by atoms with van der Waals surface area (Å²) in [5, 5.41) is 4.12. The van der Waals surface area contributed by atoms with Gasteiger partial charge in [0.1, 0.15) is 10.0 Å². The van der Waals surface area contributed by atoms with E-state index in [1.807, 2.05) is 0 Å². The van der Waals surface area contributed by atoms with Crippen molar-refractivity contribution < 1.29 is 4.74 Å². The quantitative estimate of drug-likeness (QED) is 0.378. The highest BCUT2D eigenvalue weighted by Crippen LogP contribution is 2.48. The van der Waals surface area contributed by atoms with Crippen LogP contribution >= 0.6 is 58.0 Å². The third-order valence-corrected chi connectivity index (χ3v) is 4.63. The summed E-state index contributed by atoms with van der Waals surface area (Å²) in [6.07, 6.45) is 0.793. The average molecular weight is 380 g/mol. The second-order valence-electron chi connectivity index (χ2n) is 5.28. The molecule has 0 aliphatic carbocycles. The summed E-state index contributed by atoms with van der Waals surface area (Å²) < 4.78 is 5.57. The van der Waals surface area contributed by atoms with Crippen LogP contribution in [0.4, 0.5) is 0 Å². The molecule has 0 aromatic heterocycles. The number of ether oxygens (including phenoxy) is 1. The Bertz CT molecular complexity index is 456. The molecule has 0 saturated heterocycles. The highest BCUT2D eigenvalue weighted by Gasteiger charge is 2.20. The number of benzene rings is 1. The fraction of sp³-hybridized carbons (Fsp3) is 0.538. The van der Waals surface area contributed by atoms with Gasteiger partial charge in [-0.15, -0.1) is 0 Å². The third-order valence-electron chi connectivity index (χ3n) is 2.39. The van der Waals surface area contributed by atoms with Crippen LogP contribution < -0.4 is 10.1 Å². The van der Waals surface area contributed by atoms with Gasteiger partial charge in [-0.1, -0.05) is 58.0 Å². The Morgan fingerprint density at radius 2 is 1.30 bits per heavy atom. The molecule has 0 spiro atoms. The molecule has 0 amide bonds. The first-order valence-corrected chi connectivity index (χ1v) is 7.93. The molecule has 0 saturated carbocycles. The Hall–Kier alpha value is 0.430. The second-order valence-corrected chi connectivity index (χ2v) is 7.17. The van der Waals surface area contributed by atoms with E-state index >= 15 is 0 Å². The Morgan fingerprint density at radius 1 is 0.850 bits per heavy atom. The maximum absolute atomic E-state index is 6.06. The summed E-state index contributed by atoms with van der Waals surface area (Å²) in [7, 11) is 0. The zero-order chi connectivity index (χ0) is 15.5. The molecule has 0 bridgehead atoms. The van der Waals surface area contributed by atoms with E-state index in [-0.39, 0.29) is 36.4 Å². The van der Waals surface area contributed by atoms with E-state index in [1.165, 1.54) is 0 Å². The lowest BCUT2D eigenvalue weighted by molar-refractivity contribution is 0.298. The van der Waals surface area contributed by atoms with E-state index in [1.54, 1.807) is 0 Å². The fourth-order valence-corrected chi connectivity index (χ4v) is 2.65. The van der Waals surface area contributed by atoms with Crippen molar-refractivity contribution in [3.8, 4) is 5.75 Å². The summed E-state index contributed by atoms with van der Waals surface area (Å²) in [4.78, 5) is 0. The van der Waals surface area contributed by atoms with E-state index in [4.69, 9.17) is 62.7 Å². The van der Waals surface area contributed by atoms with Crippen LogP contribution in [0.3, 0.4) is 0 Å². The lowest BCUT2D eigenvalue weighted by Gasteiger charge is -2.20. The first-order valence-electron chi connectivity index (χ1n) is 6.04. The summed E-state index contributed by atoms with van der Waals surface area (Å²) in [5.74, 6) is 0.267. The maximum Gasteiger partial charge on any atom is 0.159 e. The van der Waals surface area contributed by atoms with Crippen molar-refractivity contribution in [2.45, 2.75) is 32.7 Å². The molecular weight excluding hydrogens is 363 g/mol. The van der Waals surface area contributed by atoms with Crippen molar-refractivity contribution in [2.24, 2.45) is 0 Å². The largest absolute Gasteiger partial charge is 0.490 e. The molecule has 0 aliphatic heterocycles. The predicted octanol–water partition coefficient (Wildman–Crippen LogP) is 6.11. The highest BCUT2D eigenvalue weighted by molar-refractivity contribution is 6.55. The van der Waals surface area contributed by atoms with Gasteiger partial charge < -0.3 is 10.1 Å². The zero-order valence-corrected chi connectivity index (χ0v) is 15.2. The van der Waals surface area contributed by atoms with Crippen LogP contribution in [0.5, 0.6) is 5.75 Å². The molecule has 0 atom stereocenters. The van der Waals surface area contributed by atoms with E-state index < -0.39 is 0 Å². The van der Waals surface area contributed by atoms with Gasteiger partial charge in [-0.25, -0.2) is 0 Å².